The van der Waals surface area contributed by atoms with Crippen molar-refractivity contribution in [2.75, 3.05) is 32.7 Å². The maximum absolute atomic E-state index is 13.2. The first-order chi connectivity index (χ1) is 12.1. The number of hydrogen-bond donors (Lipinski definition) is 1. The quantitative estimate of drug-likeness (QED) is 0.898. The summed E-state index contributed by atoms with van der Waals surface area (Å²) in [7, 11) is 0. The summed E-state index contributed by atoms with van der Waals surface area (Å²) in [5.41, 5.74) is 7.25. The molecule has 25 heavy (non-hydrogen) atoms. The average molecular weight is 337 g/mol. The van der Waals surface area contributed by atoms with E-state index in [0.717, 1.165) is 11.1 Å². The van der Waals surface area contributed by atoms with Gasteiger partial charge in [0.05, 0.1) is 12.5 Å². The molecule has 5 nitrogen and oxygen atoms in total. The second-order valence-corrected chi connectivity index (χ2v) is 6.32. The molecule has 0 aromatic heterocycles. The van der Waals surface area contributed by atoms with Gasteiger partial charge in [0.1, 0.15) is 0 Å². The highest BCUT2D eigenvalue weighted by Crippen LogP contribution is 2.27. The molecule has 0 bridgehead atoms. The molecule has 0 unspecified atom stereocenters. The Balaban J connectivity index is 1.78. The summed E-state index contributed by atoms with van der Waals surface area (Å²) in [5.74, 6) is -0.521. The highest BCUT2D eigenvalue weighted by molar-refractivity contribution is 5.87. The van der Waals surface area contributed by atoms with Crippen LogP contribution in [0.4, 0.5) is 0 Å². The summed E-state index contributed by atoms with van der Waals surface area (Å²) >= 11 is 0. The molecule has 0 atom stereocenters. The van der Waals surface area contributed by atoms with Crippen LogP contribution < -0.4 is 5.73 Å². The lowest BCUT2D eigenvalue weighted by Crippen LogP contribution is -2.51. The van der Waals surface area contributed by atoms with Gasteiger partial charge in [-0.2, -0.15) is 0 Å². The molecule has 1 saturated heterocycles. The molecular weight excluding hydrogens is 314 g/mol. The molecule has 2 aromatic carbocycles. The van der Waals surface area contributed by atoms with E-state index in [2.05, 4.69) is 0 Å². The molecule has 0 aliphatic carbocycles. The van der Waals surface area contributed by atoms with Crippen molar-refractivity contribution in [1.29, 1.82) is 0 Å². The minimum absolute atomic E-state index is 0.108. The Kier molecular flexibility index (Phi) is 5.46. The molecule has 1 aliphatic heterocycles. The molecule has 3 rings (SSSR count). The lowest BCUT2D eigenvalue weighted by atomic mass is 9.90. The van der Waals surface area contributed by atoms with Crippen LogP contribution in [0, 0.1) is 0 Å². The Morgan fingerprint density at radius 2 is 1.32 bits per heavy atom. The number of rotatable bonds is 5. The van der Waals surface area contributed by atoms with Crippen molar-refractivity contribution in [1.82, 2.24) is 9.80 Å². The first-order valence-electron chi connectivity index (χ1n) is 8.54. The fourth-order valence-corrected chi connectivity index (χ4v) is 3.30. The monoisotopic (exact) mass is 337 g/mol. The van der Waals surface area contributed by atoms with Gasteiger partial charge in [-0.3, -0.25) is 14.5 Å². The molecule has 2 aromatic rings. The van der Waals surface area contributed by atoms with Crippen LogP contribution in [-0.4, -0.2) is 54.3 Å². The van der Waals surface area contributed by atoms with Crippen molar-refractivity contribution in [3.05, 3.63) is 71.8 Å². The number of hydrogen-bond acceptors (Lipinski definition) is 3. The maximum Gasteiger partial charge on any atom is 0.234 e. The zero-order valence-corrected chi connectivity index (χ0v) is 14.2. The van der Waals surface area contributed by atoms with Gasteiger partial charge in [-0.15, -0.1) is 0 Å². The largest absolute Gasteiger partial charge is 0.369 e. The average Bonchev–Trinajstić information content (AvgIpc) is 2.64. The van der Waals surface area contributed by atoms with Gasteiger partial charge in [-0.05, 0) is 11.1 Å². The van der Waals surface area contributed by atoms with Gasteiger partial charge in [0.25, 0.3) is 0 Å². The predicted octanol–water partition coefficient (Wildman–Crippen LogP) is 1.45. The predicted molar refractivity (Wildman–Crippen MR) is 96.9 cm³/mol. The van der Waals surface area contributed by atoms with E-state index >= 15 is 0 Å². The van der Waals surface area contributed by atoms with E-state index in [0.29, 0.717) is 26.2 Å². The number of primary amides is 1. The molecule has 1 aliphatic rings. The van der Waals surface area contributed by atoms with Gasteiger partial charge in [0, 0.05) is 26.2 Å². The Morgan fingerprint density at radius 3 is 1.76 bits per heavy atom. The minimum atomic E-state index is -0.328. The number of piperazine rings is 1. The first-order valence-corrected chi connectivity index (χ1v) is 8.54. The number of nitrogens with two attached hydrogens (primary N) is 1. The SMILES string of the molecule is NC(=O)CN1CCN(C(=O)C(c2ccccc2)c2ccccc2)CC1. The standard InChI is InChI=1S/C20H23N3O2/c21-18(24)15-22-11-13-23(14-12-22)20(25)19(16-7-3-1-4-8-16)17-9-5-2-6-10-17/h1-10,19H,11-15H2,(H2,21,24). The Hall–Kier alpha value is -2.66. The van der Waals surface area contributed by atoms with Crippen molar-refractivity contribution in [2.24, 2.45) is 5.73 Å². The second kappa shape index (κ2) is 7.94. The van der Waals surface area contributed by atoms with Crippen LogP contribution in [0.5, 0.6) is 0 Å². The van der Waals surface area contributed by atoms with Crippen LogP contribution in [-0.2, 0) is 9.59 Å². The third-order valence-electron chi connectivity index (χ3n) is 4.58. The lowest BCUT2D eigenvalue weighted by molar-refractivity contribution is -0.133. The second-order valence-electron chi connectivity index (χ2n) is 6.32. The van der Waals surface area contributed by atoms with E-state index in [1.807, 2.05) is 70.5 Å². The van der Waals surface area contributed by atoms with E-state index in [-0.39, 0.29) is 24.3 Å². The summed E-state index contributed by atoms with van der Waals surface area (Å²) in [6.45, 7) is 2.82. The fourth-order valence-electron chi connectivity index (χ4n) is 3.30. The third-order valence-corrected chi connectivity index (χ3v) is 4.58. The molecule has 0 radical (unpaired) electrons. The summed E-state index contributed by atoms with van der Waals surface area (Å²) in [6.07, 6.45) is 0. The van der Waals surface area contributed by atoms with Crippen molar-refractivity contribution in [3.8, 4) is 0 Å². The van der Waals surface area contributed by atoms with Crippen LogP contribution >= 0.6 is 0 Å². The molecule has 2 N–H and O–H groups in total. The number of carbonyl (C=O) groups excluding carboxylic acids is 2. The topological polar surface area (TPSA) is 66.6 Å². The van der Waals surface area contributed by atoms with Gasteiger partial charge in [0.2, 0.25) is 11.8 Å². The number of amides is 2. The first kappa shape index (κ1) is 17.2. The van der Waals surface area contributed by atoms with Crippen LogP contribution in [0.3, 0.4) is 0 Å². The molecule has 1 fully saturated rings. The van der Waals surface area contributed by atoms with Crippen molar-refractivity contribution < 1.29 is 9.59 Å². The van der Waals surface area contributed by atoms with Crippen molar-refractivity contribution in [2.45, 2.75) is 5.92 Å². The fraction of sp³-hybridized carbons (Fsp3) is 0.300. The zero-order valence-electron chi connectivity index (χ0n) is 14.2. The van der Waals surface area contributed by atoms with Gasteiger partial charge < -0.3 is 10.6 Å². The number of nitrogens with zero attached hydrogens (tertiary/aromatic N) is 2. The molecule has 130 valence electrons. The maximum atomic E-state index is 13.2. The summed E-state index contributed by atoms with van der Waals surface area (Å²) in [4.78, 5) is 28.2. The summed E-state index contributed by atoms with van der Waals surface area (Å²) in [5, 5.41) is 0. The number of carbonyl (C=O) groups is 2. The summed E-state index contributed by atoms with van der Waals surface area (Å²) < 4.78 is 0. The normalized spacial score (nSPS) is 15.3. The van der Waals surface area contributed by atoms with Crippen LogP contribution in [0.1, 0.15) is 17.0 Å². The van der Waals surface area contributed by atoms with Crippen molar-refractivity contribution >= 4 is 11.8 Å². The van der Waals surface area contributed by atoms with E-state index in [1.54, 1.807) is 0 Å². The van der Waals surface area contributed by atoms with Gasteiger partial charge in [-0.1, -0.05) is 60.7 Å². The third kappa shape index (κ3) is 4.25. The van der Waals surface area contributed by atoms with E-state index in [1.165, 1.54) is 0 Å². The van der Waals surface area contributed by atoms with Gasteiger partial charge >= 0.3 is 0 Å². The van der Waals surface area contributed by atoms with Crippen molar-refractivity contribution in [3.63, 3.8) is 0 Å². The Bertz CT molecular complexity index is 671. The van der Waals surface area contributed by atoms with Crippen LogP contribution in [0.15, 0.2) is 60.7 Å². The summed E-state index contributed by atoms with van der Waals surface area (Å²) in [6, 6.07) is 19.8. The zero-order chi connectivity index (χ0) is 17.6. The number of benzene rings is 2. The lowest BCUT2D eigenvalue weighted by Gasteiger charge is -2.36. The van der Waals surface area contributed by atoms with Crippen LogP contribution in [0.2, 0.25) is 0 Å². The van der Waals surface area contributed by atoms with Gasteiger partial charge in [0.15, 0.2) is 0 Å². The molecule has 0 saturated carbocycles. The van der Waals surface area contributed by atoms with E-state index in [4.69, 9.17) is 5.73 Å². The molecule has 2 amide bonds. The smallest absolute Gasteiger partial charge is 0.234 e. The highest BCUT2D eigenvalue weighted by atomic mass is 16.2. The van der Waals surface area contributed by atoms with E-state index in [9.17, 15) is 9.59 Å². The Morgan fingerprint density at radius 1 is 0.840 bits per heavy atom. The highest BCUT2D eigenvalue weighted by Gasteiger charge is 2.29. The minimum Gasteiger partial charge on any atom is -0.369 e. The van der Waals surface area contributed by atoms with E-state index < -0.39 is 0 Å². The molecule has 1 heterocycles. The van der Waals surface area contributed by atoms with Gasteiger partial charge in [-0.25, -0.2) is 0 Å². The van der Waals surface area contributed by atoms with Crippen LogP contribution in [0.25, 0.3) is 0 Å². The molecular formula is C20H23N3O2. The molecule has 5 heteroatoms. The molecule has 0 spiro atoms. The Labute approximate surface area is 148 Å².